The van der Waals surface area contributed by atoms with Gasteiger partial charge >= 0.3 is 0 Å². The molecule has 4 N–H and O–H groups in total. The molecule has 146 valence electrons. The second kappa shape index (κ2) is 8.29. The minimum Gasteiger partial charge on any atom is -0.383 e. The number of rotatable bonds is 5. The third-order valence-electron chi connectivity index (χ3n) is 4.36. The normalized spacial score (nSPS) is 10.5. The number of fused-ring (bicyclic) bond motifs is 1. The number of benzene rings is 1. The standard InChI is InChI=1S/C21H14N6OS2/c22-9-14-19(17-2-1-7-29-17)15(10-23)21(27-20(14)24)30-11-18(28)26-13-4-3-12-5-6-25-16(12)8-13/h1-8,25H,11H2,(H2,24,27)(H,26,28). The number of hydrogen-bond acceptors (Lipinski definition) is 7. The Bertz CT molecular complexity index is 1330. The van der Waals surface area contributed by atoms with Crippen LogP contribution < -0.4 is 11.1 Å². The first-order valence-corrected chi connectivity index (χ1v) is 10.6. The van der Waals surface area contributed by atoms with Crippen molar-refractivity contribution in [2.45, 2.75) is 5.03 Å². The van der Waals surface area contributed by atoms with Crippen molar-refractivity contribution in [1.82, 2.24) is 9.97 Å². The molecule has 0 fully saturated rings. The van der Waals surface area contributed by atoms with Crippen LogP contribution in [0, 0.1) is 22.7 Å². The Kier molecular flexibility index (Phi) is 5.40. The number of nitrogens with one attached hydrogen (secondary N) is 2. The molecule has 9 heteroatoms. The molecule has 0 saturated carbocycles. The van der Waals surface area contributed by atoms with E-state index in [0.29, 0.717) is 16.3 Å². The van der Waals surface area contributed by atoms with Gasteiger partial charge in [-0.2, -0.15) is 10.5 Å². The first-order chi connectivity index (χ1) is 14.6. The lowest BCUT2D eigenvalue weighted by Crippen LogP contribution is -2.14. The molecule has 4 aromatic rings. The van der Waals surface area contributed by atoms with Crippen molar-refractivity contribution < 1.29 is 4.79 Å². The van der Waals surface area contributed by atoms with Crippen molar-refractivity contribution in [3.8, 4) is 22.6 Å². The minimum atomic E-state index is -0.239. The number of thioether (sulfide) groups is 1. The smallest absolute Gasteiger partial charge is 0.234 e. The Morgan fingerprint density at radius 2 is 2.07 bits per heavy atom. The molecule has 0 atom stereocenters. The van der Waals surface area contributed by atoms with Crippen LogP contribution in [0.2, 0.25) is 0 Å². The summed E-state index contributed by atoms with van der Waals surface area (Å²) in [5.41, 5.74) is 8.45. The fraction of sp³-hybridized carbons (Fsp3) is 0.0476. The lowest BCUT2D eigenvalue weighted by Gasteiger charge is -2.11. The molecule has 0 aliphatic heterocycles. The highest BCUT2D eigenvalue weighted by atomic mass is 32.2. The number of hydrogen-bond donors (Lipinski definition) is 3. The first kappa shape index (κ1) is 19.5. The van der Waals surface area contributed by atoms with Crippen LogP contribution in [0.25, 0.3) is 21.3 Å². The quantitative estimate of drug-likeness (QED) is 0.403. The highest BCUT2D eigenvalue weighted by molar-refractivity contribution is 8.00. The van der Waals surface area contributed by atoms with Gasteiger partial charge in [0.2, 0.25) is 5.91 Å². The Balaban J connectivity index is 1.58. The van der Waals surface area contributed by atoms with Crippen molar-refractivity contribution >= 4 is 51.4 Å². The summed E-state index contributed by atoms with van der Waals surface area (Å²) >= 11 is 2.51. The number of aromatic nitrogens is 2. The van der Waals surface area contributed by atoms with Crippen LogP contribution >= 0.6 is 23.1 Å². The van der Waals surface area contributed by atoms with Gasteiger partial charge in [-0.25, -0.2) is 4.98 Å². The fourth-order valence-corrected chi connectivity index (χ4v) is 4.60. The summed E-state index contributed by atoms with van der Waals surface area (Å²) in [6, 6.07) is 15.4. The summed E-state index contributed by atoms with van der Waals surface area (Å²) in [6.07, 6.45) is 1.84. The van der Waals surface area contributed by atoms with E-state index >= 15 is 0 Å². The Hall–Kier alpha value is -3.79. The Morgan fingerprint density at radius 1 is 1.23 bits per heavy atom. The molecule has 0 unspecified atom stereocenters. The molecule has 3 aromatic heterocycles. The highest BCUT2D eigenvalue weighted by Gasteiger charge is 2.21. The van der Waals surface area contributed by atoms with E-state index < -0.39 is 0 Å². The molecule has 0 radical (unpaired) electrons. The van der Waals surface area contributed by atoms with E-state index in [1.54, 1.807) is 0 Å². The summed E-state index contributed by atoms with van der Waals surface area (Å²) in [4.78, 5) is 20.5. The van der Waals surface area contributed by atoms with Gasteiger partial charge in [-0.15, -0.1) is 11.3 Å². The summed E-state index contributed by atoms with van der Waals surface area (Å²) in [6.45, 7) is 0. The zero-order valence-electron chi connectivity index (χ0n) is 15.5. The van der Waals surface area contributed by atoms with Crippen molar-refractivity contribution in [3.63, 3.8) is 0 Å². The van der Waals surface area contributed by atoms with E-state index in [4.69, 9.17) is 5.73 Å². The predicted molar refractivity (Wildman–Crippen MR) is 119 cm³/mol. The van der Waals surface area contributed by atoms with Gasteiger partial charge in [0.05, 0.1) is 11.3 Å². The third-order valence-corrected chi connectivity index (χ3v) is 6.22. The average Bonchev–Trinajstić information content (AvgIpc) is 3.43. The number of aromatic amines is 1. The van der Waals surface area contributed by atoms with Crippen LogP contribution in [0.4, 0.5) is 11.5 Å². The van der Waals surface area contributed by atoms with Crippen LogP contribution in [0.15, 0.2) is 53.0 Å². The monoisotopic (exact) mass is 430 g/mol. The SMILES string of the molecule is N#Cc1c(N)nc(SCC(=O)Nc2ccc3cc[nH]c3c2)c(C#N)c1-c1cccs1. The van der Waals surface area contributed by atoms with Gasteiger partial charge in [-0.3, -0.25) is 4.79 Å². The van der Waals surface area contributed by atoms with E-state index in [1.165, 1.54) is 11.3 Å². The number of carbonyl (C=O) groups excluding carboxylic acids is 1. The molecular formula is C21H14N6OS2. The second-order valence-electron chi connectivity index (χ2n) is 6.24. The number of amides is 1. The summed E-state index contributed by atoms with van der Waals surface area (Å²) in [5.74, 6) is -0.156. The van der Waals surface area contributed by atoms with E-state index in [-0.39, 0.29) is 28.6 Å². The number of anilines is 2. The lowest BCUT2D eigenvalue weighted by molar-refractivity contribution is -0.113. The van der Waals surface area contributed by atoms with Gasteiger partial charge in [0.15, 0.2) is 0 Å². The molecule has 4 rings (SSSR count). The number of nitrogen functional groups attached to an aromatic ring is 1. The number of H-pyrrole nitrogens is 1. The van der Waals surface area contributed by atoms with Gasteiger partial charge in [0, 0.05) is 27.8 Å². The van der Waals surface area contributed by atoms with E-state index in [2.05, 4.69) is 21.4 Å². The number of nitrogens with zero attached hydrogens (tertiary/aromatic N) is 3. The number of nitriles is 2. The first-order valence-electron chi connectivity index (χ1n) is 8.78. The van der Waals surface area contributed by atoms with Crippen molar-refractivity contribution in [2.75, 3.05) is 16.8 Å². The van der Waals surface area contributed by atoms with Gasteiger partial charge in [0.25, 0.3) is 0 Å². The van der Waals surface area contributed by atoms with Crippen LogP contribution in [0.3, 0.4) is 0 Å². The number of thiophene rings is 1. The predicted octanol–water partition coefficient (Wildman–Crippen LogP) is 4.35. The van der Waals surface area contributed by atoms with E-state index in [1.807, 2.05) is 54.0 Å². The Labute approximate surface area is 180 Å². The molecule has 30 heavy (non-hydrogen) atoms. The largest absolute Gasteiger partial charge is 0.383 e. The molecule has 0 bridgehead atoms. The van der Waals surface area contributed by atoms with Crippen LogP contribution in [-0.2, 0) is 4.79 Å². The highest BCUT2D eigenvalue weighted by Crippen LogP contribution is 2.37. The molecule has 0 aliphatic carbocycles. The minimum absolute atomic E-state index is 0.0413. The molecule has 0 spiro atoms. The summed E-state index contributed by atoms with van der Waals surface area (Å²) in [5, 5.41) is 25.3. The summed E-state index contributed by atoms with van der Waals surface area (Å²) < 4.78 is 0. The number of pyridine rings is 1. The van der Waals surface area contributed by atoms with Crippen LogP contribution in [0.5, 0.6) is 0 Å². The lowest BCUT2D eigenvalue weighted by atomic mass is 10.0. The second-order valence-corrected chi connectivity index (χ2v) is 8.16. The maximum absolute atomic E-state index is 12.4. The van der Waals surface area contributed by atoms with E-state index in [0.717, 1.165) is 27.5 Å². The van der Waals surface area contributed by atoms with Gasteiger partial charge in [-0.1, -0.05) is 23.9 Å². The van der Waals surface area contributed by atoms with Crippen molar-refractivity contribution in [3.05, 3.63) is 59.1 Å². The fourth-order valence-electron chi connectivity index (χ4n) is 3.03. The zero-order chi connectivity index (χ0) is 21.1. The number of carbonyl (C=O) groups is 1. The zero-order valence-corrected chi connectivity index (χ0v) is 17.1. The van der Waals surface area contributed by atoms with Crippen LogP contribution in [-0.4, -0.2) is 21.6 Å². The molecule has 1 amide bonds. The van der Waals surface area contributed by atoms with Crippen LogP contribution in [0.1, 0.15) is 11.1 Å². The van der Waals surface area contributed by atoms with Gasteiger partial charge in [0.1, 0.15) is 28.5 Å². The maximum atomic E-state index is 12.4. The summed E-state index contributed by atoms with van der Waals surface area (Å²) in [7, 11) is 0. The third kappa shape index (κ3) is 3.72. The maximum Gasteiger partial charge on any atom is 0.234 e. The molecule has 0 saturated heterocycles. The Morgan fingerprint density at radius 3 is 2.80 bits per heavy atom. The molecule has 1 aromatic carbocycles. The van der Waals surface area contributed by atoms with Crippen molar-refractivity contribution in [1.29, 1.82) is 10.5 Å². The molecule has 0 aliphatic rings. The van der Waals surface area contributed by atoms with Gasteiger partial charge < -0.3 is 16.0 Å². The number of nitrogens with two attached hydrogens (primary N) is 1. The van der Waals surface area contributed by atoms with Gasteiger partial charge in [-0.05, 0) is 35.0 Å². The molecule has 3 heterocycles. The molecular weight excluding hydrogens is 416 g/mol. The van der Waals surface area contributed by atoms with Crippen molar-refractivity contribution in [2.24, 2.45) is 0 Å². The topological polar surface area (TPSA) is 131 Å². The molecule has 7 nitrogen and oxygen atoms in total. The average molecular weight is 431 g/mol. The van der Waals surface area contributed by atoms with E-state index in [9.17, 15) is 15.3 Å².